The van der Waals surface area contributed by atoms with Crippen molar-refractivity contribution in [2.24, 2.45) is 0 Å². The number of hydrogen-bond donors (Lipinski definition) is 2. The fraction of sp³-hybridized carbons (Fsp3) is 0.562. The van der Waals surface area contributed by atoms with Gasteiger partial charge in [0.25, 0.3) is 0 Å². The molecule has 1 aliphatic carbocycles. The normalized spacial score (nSPS) is 16.9. The molecule has 5 heteroatoms. The molecule has 4 nitrogen and oxygen atoms in total. The molecule has 0 aromatic heterocycles. The monoisotopic (exact) mass is 354 g/mol. The van der Waals surface area contributed by atoms with Gasteiger partial charge in [-0.2, -0.15) is 0 Å². The van der Waals surface area contributed by atoms with Crippen LogP contribution in [0.4, 0.5) is 0 Å². The Morgan fingerprint density at radius 1 is 1.29 bits per heavy atom. The number of benzene rings is 1. The summed E-state index contributed by atoms with van der Waals surface area (Å²) < 4.78 is 6.02. The lowest BCUT2D eigenvalue weighted by molar-refractivity contribution is -0.122. The Kier molecular flexibility index (Phi) is 6.21. The van der Waals surface area contributed by atoms with E-state index in [2.05, 4.69) is 38.7 Å². The zero-order valence-electron chi connectivity index (χ0n) is 12.5. The average Bonchev–Trinajstić information content (AvgIpc) is 2.94. The molecule has 21 heavy (non-hydrogen) atoms. The van der Waals surface area contributed by atoms with Crippen molar-refractivity contribution in [3.8, 4) is 0 Å². The Morgan fingerprint density at radius 3 is 2.57 bits per heavy atom. The molecular formula is C16H23BrN2O2. The van der Waals surface area contributed by atoms with E-state index in [1.807, 2.05) is 12.1 Å². The molecule has 1 aromatic carbocycles. The van der Waals surface area contributed by atoms with Crippen LogP contribution in [0.1, 0.15) is 31.2 Å². The smallest absolute Gasteiger partial charge is 0.234 e. The predicted molar refractivity (Wildman–Crippen MR) is 87.2 cm³/mol. The molecule has 1 amide bonds. The minimum atomic E-state index is -0.194. The predicted octanol–water partition coefficient (Wildman–Crippen LogP) is 2.57. The SMILES string of the molecule is COCCNCC(=O)NC1(c2ccc(Br)cc2)CCCC1. The van der Waals surface area contributed by atoms with E-state index in [0.717, 1.165) is 30.2 Å². The molecule has 0 aliphatic heterocycles. The number of hydrogen-bond acceptors (Lipinski definition) is 3. The molecule has 2 rings (SSSR count). The Balaban J connectivity index is 1.98. The van der Waals surface area contributed by atoms with Crippen molar-refractivity contribution in [3.05, 3.63) is 34.3 Å². The molecule has 1 aromatic rings. The fourth-order valence-corrected chi connectivity index (χ4v) is 3.18. The molecule has 0 radical (unpaired) electrons. The summed E-state index contributed by atoms with van der Waals surface area (Å²) in [4.78, 5) is 12.2. The maximum absolute atomic E-state index is 12.2. The topological polar surface area (TPSA) is 50.4 Å². The summed E-state index contributed by atoms with van der Waals surface area (Å²) >= 11 is 3.46. The molecule has 0 atom stereocenters. The van der Waals surface area contributed by atoms with Crippen LogP contribution >= 0.6 is 15.9 Å². The third-order valence-electron chi connectivity index (χ3n) is 4.00. The zero-order chi connectivity index (χ0) is 15.1. The van der Waals surface area contributed by atoms with E-state index >= 15 is 0 Å². The van der Waals surface area contributed by atoms with Crippen LogP contribution < -0.4 is 10.6 Å². The van der Waals surface area contributed by atoms with Crippen molar-refractivity contribution in [2.45, 2.75) is 31.2 Å². The zero-order valence-corrected chi connectivity index (χ0v) is 14.0. The third kappa shape index (κ3) is 4.53. The minimum Gasteiger partial charge on any atom is -0.383 e. The van der Waals surface area contributed by atoms with Gasteiger partial charge in [0.2, 0.25) is 5.91 Å². The molecule has 1 fully saturated rings. The molecule has 1 saturated carbocycles. The van der Waals surface area contributed by atoms with Gasteiger partial charge < -0.3 is 15.4 Å². The first-order chi connectivity index (χ1) is 10.2. The lowest BCUT2D eigenvalue weighted by Gasteiger charge is -2.31. The molecule has 0 spiro atoms. The number of ether oxygens (including phenoxy) is 1. The minimum absolute atomic E-state index is 0.0518. The van der Waals surface area contributed by atoms with Crippen LogP contribution in [0.15, 0.2) is 28.7 Å². The molecule has 0 saturated heterocycles. The van der Waals surface area contributed by atoms with E-state index in [0.29, 0.717) is 19.7 Å². The van der Waals surface area contributed by atoms with E-state index in [1.165, 1.54) is 5.56 Å². The highest BCUT2D eigenvalue weighted by Crippen LogP contribution is 2.39. The van der Waals surface area contributed by atoms with Gasteiger partial charge in [0.15, 0.2) is 0 Å². The lowest BCUT2D eigenvalue weighted by Crippen LogP contribution is -2.47. The highest BCUT2D eigenvalue weighted by molar-refractivity contribution is 9.10. The Morgan fingerprint density at radius 2 is 1.95 bits per heavy atom. The summed E-state index contributed by atoms with van der Waals surface area (Å²) in [6, 6.07) is 8.29. The number of methoxy groups -OCH3 is 1. The quantitative estimate of drug-likeness (QED) is 0.740. The van der Waals surface area contributed by atoms with Gasteiger partial charge in [-0.05, 0) is 30.5 Å². The van der Waals surface area contributed by atoms with E-state index in [1.54, 1.807) is 7.11 Å². The van der Waals surface area contributed by atoms with Crippen LogP contribution in [-0.2, 0) is 15.1 Å². The molecule has 1 aliphatic rings. The fourth-order valence-electron chi connectivity index (χ4n) is 2.92. The van der Waals surface area contributed by atoms with Gasteiger partial charge in [-0.1, -0.05) is 40.9 Å². The summed E-state index contributed by atoms with van der Waals surface area (Å²) in [7, 11) is 1.66. The van der Waals surface area contributed by atoms with Crippen LogP contribution in [0.2, 0.25) is 0 Å². The molecule has 0 unspecified atom stereocenters. The van der Waals surface area contributed by atoms with Crippen molar-refractivity contribution in [1.82, 2.24) is 10.6 Å². The van der Waals surface area contributed by atoms with Crippen molar-refractivity contribution >= 4 is 21.8 Å². The van der Waals surface area contributed by atoms with Gasteiger partial charge in [0.1, 0.15) is 0 Å². The molecule has 116 valence electrons. The second kappa shape index (κ2) is 7.92. The van der Waals surface area contributed by atoms with Crippen molar-refractivity contribution in [1.29, 1.82) is 0 Å². The summed E-state index contributed by atoms with van der Waals surface area (Å²) in [6.07, 6.45) is 4.35. The first kappa shape index (κ1) is 16.5. The van der Waals surface area contributed by atoms with Crippen LogP contribution in [0.3, 0.4) is 0 Å². The van der Waals surface area contributed by atoms with Crippen molar-refractivity contribution in [3.63, 3.8) is 0 Å². The second-order valence-corrected chi connectivity index (χ2v) is 6.43. The number of rotatable bonds is 7. The second-order valence-electron chi connectivity index (χ2n) is 5.51. The van der Waals surface area contributed by atoms with Crippen LogP contribution in [0, 0.1) is 0 Å². The highest BCUT2D eigenvalue weighted by Gasteiger charge is 2.36. The number of halogens is 1. The van der Waals surface area contributed by atoms with Gasteiger partial charge in [-0.25, -0.2) is 0 Å². The van der Waals surface area contributed by atoms with Gasteiger partial charge in [0, 0.05) is 18.1 Å². The standard InChI is InChI=1S/C16H23BrN2O2/c1-21-11-10-18-12-15(20)19-16(8-2-3-9-16)13-4-6-14(17)7-5-13/h4-7,18H,2-3,8-12H2,1H3,(H,19,20). The van der Waals surface area contributed by atoms with Gasteiger partial charge in [0.05, 0.1) is 18.7 Å². The van der Waals surface area contributed by atoms with Crippen LogP contribution in [0.25, 0.3) is 0 Å². The Hall–Kier alpha value is -0.910. The number of nitrogens with one attached hydrogen (secondary N) is 2. The van der Waals surface area contributed by atoms with E-state index in [9.17, 15) is 4.79 Å². The summed E-state index contributed by atoms with van der Waals surface area (Å²) in [5.74, 6) is 0.0518. The average molecular weight is 355 g/mol. The van der Waals surface area contributed by atoms with Gasteiger partial charge >= 0.3 is 0 Å². The maximum atomic E-state index is 12.2. The first-order valence-electron chi connectivity index (χ1n) is 7.43. The number of amides is 1. The third-order valence-corrected chi connectivity index (χ3v) is 4.53. The van der Waals surface area contributed by atoms with Crippen LogP contribution in [0.5, 0.6) is 0 Å². The van der Waals surface area contributed by atoms with E-state index in [-0.39, 0.29) is 11.4 Å². The van der Waals surface area contributed by atoms with Crippen LogP contribution in [-0.4, -0.2) is 32.7 Å². The molecule has 0 bridgehead atoms. The largest absolute Gasteiger partial charge is 0.383 e. The van der Waals surface area contributed by atoms with Crippen molar-refractivity contribution in [2.75, 3.05) is 26.8 Å². The summed E-state index contributed by atoms with van der Waals surface area (Å²) in [5, 5.41) is 6.34. The number of carbonyl (C=O) groups is 1. The molecule has 0 heterocycles. The molecule has 2 N–H and O–H groups in total. The van der Waals surface area contributed by atoms with Gasteiger partial charge in [-0.15, -0.1) is 0 Å². The van der Waals surface area contributed by atoms with Gasteiger partial charge in [-0.3, -0.25) is 4.79 Å². The lowest BCUT2D eigenvalue weighted by atomic mass is 9.88. The highest BCUT2D eigenvalue weighted by atomic mass is 79.9. The molecular weight excluding hydrogens is 332 g/mol. The van der Waals surface area contributed by atoms with E-state index < -0.39 is 0 Å². The Labute approximate surface area is 134 Å². The van der Waals surface area contributed by atoms with Crippen molar-refractivity contribution < 1.29 is 9.53 Å². The maximum Gasteiger partial charge on any atom is 0.234 e. The first-order valence-corrected chi connectivity index (χ1v) is 8.22. The Bertz CT molecular complexity index is 456. The summed E-state index contributed by atoms with van der Waals surface area (Å²) in [6.45, 7) is 1.64. The number of carbonyl (C=O) groups excluding carboxylic acids is 1. The van der Waals surface area contributed by atoms with E-state index in [4.69, 9.17) is 4.74 Å². The summed E-state index contributed by atoms with van der Waals surface area (Å²) in [5.41, 5.74) is 1.01.